The molecule has 5 heteroatoms. The summed E-state index contributed by atoms with van der Waals surface area (Å²) in [7, 11) is 0. The van der Waals surface area contributed by atoms with Gasteiger partial charge in [0, 0.05) is 0 Å². The molecule has 0 bridgehead atoms. The van der Waals surface area contributed by atoms with E-state index in [9.17, 15) is 9.59 Å². The number of carboxylic acid groups (broad SMARTS) is 1. The molecule has 1 aromatic rings. The maximum Gasteiger partial charge on any atom is 0.371 e. The molecule has 0 saturated heterocycles. The second-order valence-electron chi connectivity index (χ2n) is 1.74. The van der Waals surface area contributed by atoms with E-state index in [0.717, 1.165) is 6.07 Å². The molecule has 0 aliphatic rings. The highest BCUT2D eigenvalue weighted by molar-refractivity contribution is 6.67. The third-order valence-corrected chi connectivity index (χ3v) is 1.20. The van der Waals surface area contributed by atoms with Gasteiger partial charge in [-0.05, 0) is 23.7 Å². The van der Waals surface area contributed by atoms with Crippen molar-refractivity contribution in [2.75, 3.05) is 0 Å². The summed E-state index contributed by atoms with van der Waals surface area (Å²) in [6.07, 6.45) is 0. The first-order valence-electron chi connectivity index (χ1n) is 2.64. The zero-order chi connectivity index (χ0) is 8.43. The Morgan fingerprint density at radius 2 is 1.91 bits per heavy atom. The maximum atomic E-state index is 10.4. The molecule has 1 N–H and O–H groups in total. The van der Waals surface area contributed by atoms with Gasteiger partial charge >= 0.3 is 5.97 Å². The smallest absolute Gasteiger partial charge is 0.371 e. The van der Waals surface area contributed by atoms with Gasteiger partial charge in [-0.3, -0.25) is 4.79 Å². The molecule has 0 radical (unpaired) electrons. The topological polar surface area (TPSA) is 67.5 Å². The first-order chi connectivity index (χ1) is 5.11. The fourth-order valence-corrected chi connectivity index (χ4v) is 0.660. The largest absolute Gasteiger partial charge is 0.475 e. The van der Waals surface area contributed by atoms with E-state index in [1.54, 1.807) is 0 Å². The van der Waals surface area contributed by atoms with Gasteiger partial charge in [-0.25, -0.2) is 4.79 Å². The van der Waals surface area contributed by atoms with Crippen LogP contribution in [0.25, 0.3) is 0 Å². The van der Waals surface area contributed by atoms with Crippen LogP contribution >= 0.6 is 11.6 Å². The number of carbonyl (C=O) groups excluding carboxylic acids is 1. The average molecular weight is 175 g/mol. The molecule has 1 rings (SSSR count). The van der Waals surface area contributed by atoms with Crippen molar-refractivity contribution in [1.82, 2.24) is 0 Å². The van der Waals surface area contributed by atoms with Crippen molar-refractivity contribution in [3.05, 3.63) is 23.7 Å². The summed E-state index contributed by atoms with van der Waals surface area (Å²) in [5, 5.41) is 7.52. The number of aromatic carboxylic acids is 1. The van der Waals surface area contributed by atoms with Gasteiger partial charge in [0.2, 0.25) is 5.76 Å². The maximum absolute atomic E-state index is 10.4. The Morgan fingerprint density at radius 3 is 2.18 bits per heavy atom. The first kappa shape index (κ1) is 7.81. The van der Waals surface area contributed by atoms with E-state index in [0.29, 0.717) is 0 Å². The number of halogens is 1. The lowest BCUT2D eigenvalue weighted by molar-refractivity contribution is 0.0661. The summed E-state index contributed by atoms with van der Waals surface area (Å²) in [5.74, 6) is -1.69. The molecule has 0 unspecified atom stereocenters. The predicted molar refractivity (Wildman–Crippen MR) is 35.9 cm³/mol. The Bertz CT molecular complexity index is 273. The van der Waals surface area contributed by atoms with E-state index in [1.807, 2.05) is 0 Å². The number of hydrogen-bond acceptors (Lipinski definition) is 3. The summed E-state index contributed by atoms with van der Waals surface area (Å²) in [5.41, 5.74) is 0. The molecule has 58 valence electrons. The third kappa shape index (κ3) is 1.59. The number of rotatable bonds is 2. The molecule has 4 nitrogen and oxygen atoms in total. The lowest BCUT2D eigenvalue weighted by atomic mass is 10.4. The molecule has 0 saturated carbocycles. The van der Waals surface area contributed by atoms with Crippen LogP contribution < -0.4 is 0 Å². The Hall–Kier alpha value is -1.29. The van der Waals surface area contributed by atoms with E-state index in [2.05, 4.69) is 4.42 Å². The standard InChI is InChI=1S/C6H3ClO4/c7-5(8)3-1-2-4(11-3)6(9)10/h1-2H,(H,9,10). The zero-order valence-corrected chi connectivity index (χ0v) is 5.96. The quantitative estimate of drug-likeness (QED) is 0.688. The third-order valence-electron chi connectivity index (χ3n) is 1.01. The minimum atomic E-state index is -1.23. The summed E-state index contributed by atoms with van der Waals surface area (Å²) < 4.78 is 4.53. The van der Waals surface area contributed by atoms with Crippen molar-refractivity contribution in [1.29, 1.82) is 0 Å². The fourth-order valence-electron chi connectivity index (χ4n) is 0.558. The van der Waals surface area contributed by atoms with Crippen LogP contribution in [-0.4, -0.2) is 16.3 Å². The van der Waals surface area contributed by atoms with Gasteiger partial charge in [-0.2, -0.15) is 0 Å². The van der Waals surface area contributed by atoms with Gasteiger partial charge in [0.25, 0.3) is 5.24 Å². The van der Waals surface area contributed by atoms with Crippen LogP contribution in [0.5, 0.6) is 0 Å². The van der Waals surface area contributed by atoms with Crippen molar-refractivity contribution < 1.29 is 19.1 Å². The minimum Gasteiger partial charge on any atom is -0.475 e. The first-order valence-corrected chi connectivity index (χ1v) is 3.02. The van der Waals surface area contributed by atoms with Crippen LogP contribution in [0.3, 0.4) is 0 Å². The summed E-state index contributed by atoms with van der Waals surface area (Å²) >= 11 is 5.00. The minimum absolute atomic E-state index is 0.163. The van der Waals surface area contributed by atoms with Gasteiger partial charge in [0.05, 0.1) is 0 Å². The SMILES string of the molecule is O=C(O)c1ccc(C(=O)Cl)o1. The molecule has 0 amide bonds. The highest BCUT2D eigenvalue weighted by atomic mass is 35.5. The molecule has 0 aliphatic carbocycles. The molecule has 0 spiro atoms. The van der Waals surface area contributed by atoms with E-state index in [4.69, 9.17) is 16.7 Å². The summed E-state index contributed by atoms with van der Waals surface area (Å²) in [6.45, 7) is 0. The van der Waals surface area contributed by atoms with Crippen LogP contribution in [0.2, 0.25) is 0 Å². The second-order valence-corrected chi connectivity index (χ2v) is 2.09. The van der Waals surface area contributed by atoms with Gasteiger partial charge in [0.15, 0.2) is 5.76 Å². The molecule has 0 fully saturated rings. The van der Waals surface area contributed by atoms with Crippen molar-refractivity contribution >= 4 is 22.8 Å². The van der Waals surface area contributed by atoms with Crippen LogP contribution in [-0.2, 0) is 0 Å². The molecule has 0 aliphatic heterocycles. The molecule has 1 heterocycles. The van der Waals surface area contributed by atoms with Crippen molar-refractivity contribution in [3.8, 4) is 0 Å². The lowest BCUT2D eigenvalue weighted by Crippen LogP contribution is -1.92. The van der Waals surface area contributed by atoms with Crippen LogP contribution in [0.1, 0.15) is 21.1 Å². The molecule has 11 heavy (non-hydrogen) atoms. The van der Waals surface area contributed by atoms with Gasteiger partial charge in [0.1, 0.15) is 0 Å². The number of carbonyl (C=O) groups is 2. The molecule has 1 aromatic heterocycles. The highest BCUT2D eigenvalue weighted by Gasteiger charge is 2.12. The number of carboxylic acids is 1. The second kappa shape index (κ2) is 2.75. The normalized spacial score (nSPS) is 9.55. The Kier molecular flexibility index (Phi) is 1.96. The molecular formula is C6H3ClO4. The van der Waals surface area contributed by atoms with Crippen molar-refractivity contribution in [3.63, 3.8) is 0 Å². The lowest BCUT2D eigenvalue weighted by Gasteiger charge is -1.84. The van der Waals surface area contributed by atoms with E-state index in [1.165, 1.54) is 6.07 Å². The van der Waals surface area contributed by atoms with Crippen molar-refractivity contribution in [2.24, 2.45) is 0 Å². The van der Waals surface area contributed by atoms with E-state index < -0.39 is 11.2 Å². The number of furan rings is 1. The van der Waals surface area contributed by atoms with E-state index in [-0.39, 0.29) is 11.5 Å². The molecule has 0 atom stereocenters. The molecule has 0 aromatic carbocycles. The van der Waals surface area contributed by atoms with Gasteiger partial charge in [-0.15, -0.1) is 0 Å². The van der Waals surface area contributed by atoms with Crippen LogP contribution in [0, 0.1) is 0 Å². The Labute approximate surface area is 66.4 Å². The average Bonchev–Trinajstić information content (AvgIpc) is 2.33. The monoisotopic (exact) mass is 174 g/mol. The molecular weight excluding hydrogens is 172 g/mol. The van der Waals surface area contributed by atoms with Gasteiger partial charge in [-0.1, -0.05) is 0 Å². The fraction of sp³-hybridized carbons (Fsp3) is 0. The summed E-state index contributed by atoms with van der Waals surface area (Å²) in [6, 6.07) is 2.37. The van der Waals surface area contributed by atoms with E-state index >= 15 is 0 Å². The van der Waals surface area contributed by atoms with Crippen molar-refractivity contribution in [2.45, 2.75) is 0 Å². The summed E-state index contributed by atoms with van der Waals surface area (Å²) in [4.78, 5) is 20.5. The Morgan fingerprint density at radius 1 is 1.36 bits per heavy atom. The highest BCUT2D eigenvalue weighted by Crippen LogP contribution is 2.09. The predicted octanol–water partition coefficient (Wildman–Crippen LogP) is 1.36. The Balaban J connectivity index is 2.99. The van der Waals surface area contributed by atoms with Crippen LogP contribution in [0.4, 0.5) is 0 Å². The number of hydrogen-bond donors (Lipinski definition) is 1. The zero-order valence-electron chi connectivity index (χ0n) is 5.20. The van der Waals surface area contributed by atoms with Crippen LogP contribution in [0.15, 0.2) is 16.5 Å². The van der Waals surface area contributed by atoms with Gasteiger partial charge < -0.3 is 9.52 Å².